The highest BCUT2D eigenvalue weighted by molar-refractivity contribution is 5.96. The summed E-state index contributed by atoms with van der Waals surface area (Å²) in [6.07, 6.45) is 0. The number of benzene rings is 2. The molecule has 0 bridgehead atoms. The van der Waals surface area contributed by atoms with Crippen molar-refractivity contribution in [1.29, 1.82) is 0 Å². The van der Waals surface area contributed by atoms with Crippen LogP contribution in [0.4, 0.5) is 11.5 Å². The molecule has 3 rings (SSSR count). The fourth-order valence-corrected chi connectivity index (χ4v) is 3.54. The van der Waals surface area contributed by atoms with E-state index >= 15 is 0 Å². The number of carbonyl (C=O) groups excluding carboxylic acids is 1. The maximum atomic E-state index is 13.1. The zero-order chi connectivity index (χ0) is 24.0. The highest BCUT2D eigenvalue weighted by atomic mass is 16.5. The van der Waals surface area contributed by atoms with Gasteiger partial charge in [-0.3, -0.25) is 24.0 Å². The molecule has 1 aromatic heterocycles. The van der Waals surface area contributed by atoms with Gasteiger partial charge in [-0.15, -0.1) is 0 Å². The molecule has 0 saturated heterocycles. The first-order chi connectivity index (χ1) is 15.8. The fraction of sp³-hybridized carbons (Fsp3) is 0.292. The van der Waals surface area contributed by atoms with Crippen LogP contribution in [0.3, 0.4) is 0 Å². The van der Waals surface area contributed by atoms with Crippen LogP contribution < -0.4 is 26.6 Å². The number of aromatic nitrogens is 2. The van der Waals surface area contributed by atoms with E-state index in [1.54, 1.807) is 0 Å². The van der Waals surface area contributed by atoms with Crippen LogP contribution in [0.1, 0.15) is 16.7 Å². The van der Waals surface area contributed by atoms with Gasteiger partial charge in [-0.1, -0.05) is 36.4 Å². The van der Waals surface area contributed by atoms with E-state index in [9.17, 15) is 14.4 Å². The van der Waals surface area contributed by atoms with Gasteiger partial charge in [0.25, 0.3) is 11.5 Å². The number of nitrogens with zero attached hydrogens (tertiary/aromatic N) is 2. The summed E-state index contributed by atoms with van der Waals surface area (Å²) in [7, 11) is 1.48. The number of rotatable bonds is 9. The Labute approximate surface area is 191 Å². The topological polar surface area (TPSA) is 120 Å². The van der Waals surface area contributed by atoms with E-state index in [-0.39, 0.29) is 37.8 Å². The monoisotopic (exact) mass is 452 g/mol. The number of aromatic amines is 1. The van der Waals surface area contributed by atoms with E-state index < -0.39 is 17.2 Å². The molecular weight excluding hydrogens is 424 g/mol. The van der Waals surface area contributed by atoms with E-state index in [4.69, 9.17) is 15.2 Å². The van der Waals surface area contributed by atoms with E-state index in [2.05, 4.69) is 4.98 Å². The summed E-state index contributed by atoms with van der Waals surface area (Å²) in [5.74, 6) is -0.0553. The minimum Gasteiger partial charge on any atom is -0.484 e. The Bertz CT molecular complexity index is 1210. The lowest BCUT2D eigenvalue weighted by molar-refractivity contribution is -0.120. The maximum absolute atomic E-state index is 13.1. The predicted octanol–water partition coefficient (Wildman–Crippen LogP) is 1.84. The Morgan fingerprint density at radius 3 is 2.39 bits per heavy atom. The number of aryl methyl sites for hydroxylation is 2. The van der Waals surface area contributed by atoms with Crippen molar-refractivity contribution in [2.45, 2.75) is 20.4 Å². The molecule has 0 radical (unpaired) electrons. The van der Waals surface area contributed by atoms with Gasteiger partial charge in [-0.25, -0.2) is 4.79 Å². The average molecular weight is 453 g/mol. The number of methoxy groups -OCH3 is 1. The molecule has 0 unspecified atom stereocenters. The standard InChI is InChI=1S/C24H28N4O5/c1-16-11-17(2)13-19(12-16)33-15-20(29)27(9-10-32-3)21-22(25)28(24(31)26-23(21)30)14-18-7-5-4-6-8-18/h4-8,11-13H,9-10,14-15,25H2,1-3H3,(H,26,30,31). The highest BCUT2D eigenvalue weighted by Crippen LogP contribution is 2.20. The number of carbonyl (C=O) groups is 1. The van der Waals surface area contributed by atoms with Gasteiger partial charge >= 0.3 is 5.69 Å². The number of H-pyrrole nitrogens is 1. The number of ether oxygens (including phenoxy) is 2. The summed E-state index contributed by atoms with van der Waals surface area (Å²) in [6, 6.07) is 14.8. The van der Waals surface area contributed by atoms with Crippen LogP contribution in [0.15, 0.2) is 58.1 Å². The van der Waals surface area contributed by atoms with E-state index in [0.717, 1.165) is 16.7 Å². The number of anilines is 2. The van der Waals surface area contributed by atoms with Crippen LogP contribution in [0, 0.1) is 13.8 Å². The van der Waals surface area contributed by atoms with Crippen LogP contribution in [-0.2, 0) is 16.1 Å². The average Bonchev–Trinajstić information content (AvgIpc) is 2.77. The predicted molar refractivity (Wildman–Crippen MR) is 127 cm³/mol. The molecule has 3 aromatic rings. The van der Waals surface area contributed by atoms with Crippen LogP contribution in [0.25, 0.3) is 0 Å². The third-order valence-corrected chi connectivity index (χ3v) is 5.05. The lowest BCUT2D eigenvalue weighted by Gasteiger charge is -2.24. The van der Waals surface area contributed by atoms with Crippen molar-refractivity contribution in [3.8, 4) is 5.75 Å². The van der Waals surface area contributed by atoms with Gasteiger partial charge in [-0.05, 0) is 42.7 Å². The summed E-state index contributed by atoms with van der Waals surface area (Å²) in [4.78, 5) is 41.7. The third kappa shape index (κ3) is 5.89. The zero-order valence-corrected chi connectivity index (χ0v) is 19.0. The molecule has 33 heavy (non-hydrogen) atoms. The summed E-state index contributed by atoms with van der Waals surface area (Å²) in [5.41, 5.74) is 7.56. The number of amides is 1. The van der Waals surface area contributed by atoms with Gasteiger partial charge in [0.2, 0.25) is 0 Å². The third-order valence-electron chi connectivity index (χ3n) is 5.05. The largest absolute Gasteiger partial charge is 0.484 e. The Kier molecular flexibility index (Phi) is 7.68. The molecule has 0 aliphatic heterocycles. The Balaban J connectivity index is 1.93. The molecule has 0 atom stereocenters. The molecule has 9 nitrogen and oxygen atoms in total. The molecule has 0 aliphatic rings. The van der Waals surface area contributed by atoms with Gasteiger partial charge < -0.3 is 15.2 Å². The number of nitrogen functional groups attached to an aromatic ring is 1. The smallest absolute Gasteiger partial charge is 0.330 e. The highest BCUT2D eigenvalue weighted by Gasteiger charge is 2.24. The Morgan fingerprint density at radius 1 is 1.09 bits per heavy atom. The molecule has 0 fully saturated rings. The SMILES string of the molecule is COCCN(C(=O)COc1cc(C)cc(C)c1)c1c(N)n(Cc2ccccc2)c(=O)[nH]c1=O. The molecular formula is C24H28N4O5. The van der Waals surface area contributed by atoms with Crippen molar-refractivity contribution < 1.29 is 14.3 Å². The normalized spacial score (nSPS) is 10.8. The van der Waals surface area contributed by atoms with Gasteiger partial charge in [0.15, 0.2) is 12.3 Å². The Morgan fingerprint density at radius 2 is 1.76 bits per heavy atom. The van der Waals surface area contributed by atoms with Crippen molar-refractivity contribution in [2.75, 3.05) is 37.5 Å². The minimum absolute atomic E-state index is 0.0579. The van der Waals surface area contributed by atoms with Crippen molar-refractivity contribution in [2.24, 2.45) is 0 Å². The quantitative estimate of drug-likeness (QED) is 0.511. The molecule has 174 valence electrons. The summed E-state index contributed by atoms with van der Waals surface area (Å²) >= 11 is 0. The zero-order valence-electron chi connectivity index (χ0n) is 19.0. The number of nitrogens with two attached hydrogens (primary N) is 1. The van der Waals surface area contributed by atoms with E-state index in [0.29, 0.717) is 5.75 Å². The molecule has 1 amide bonds. The van der Waals surface area contributed by atoms with E-state index in [1.165, 1.54) is 16.6 Å². The number of hydrogen-bond acceptors (Lipinski definition) is 6. The lowest BCUT2D eigenvalue weighted by atomic mass is 10.1. The van der Waals surface area contributed by atoms with Crippen LogP contribution in [0.2, 0.25) is 0 Å². The second-order valence-corrected chi connectivity index (χ2v) is 7.72. The van der Waals surface area contributed by atoms with Gasteiger partial charge in [-0.2, -0.15) is 0 Å². The number of nitrogens with one attached hydrogen (secondary N) is 1. The maximum Gasteiger partial charge on any atom is 0.330 e. The molecule has 0 saturated carbocycles. The van der Waals surface area contributed by atoms with Crippen molar-refractivity contribution in [3.05, 3.63) is 86.1 Å². The molecule has 1 heterocycles. The molecule has 3 N–H and O–H groups in total. The second kappa shape index (κ2) is 10.6. The summed E-state index contributed by atoms with van der Waals surface area (Å²) in [6.45, 7) is 3.91. The van der Waals surface area contributed by atoms with Gasteiger partial charge in [0.05, 0.1) is 13.2 Å². The molecule has 0 aliphatic carbocycles. The first-order valence-electron chi connectivity index (χ1n) is 10.5. The summed E-state index contributed by atoms with van der Waals surface area (Å²) in [5, 5.41) is 0. The fourth-order valence-electron chi connectivity index (χ4n) is 3.54. The molecule has 0 spiro atoms. The summed E-state index contributed by atoms with van der Waals surface area (Å²) < 4.78 is 12.0. The van der Waals surface area contributed by atoms with Crippen molar-refractivity contribution >= 4 is 17.4 Å². The van der Waals surface area contributed by atoms with Crippen molar-refractivity contribution in [1.82, 2.24) is 9.55 Å². The lowest BCUT2D eigenvalue weighted by Crippen LogP contribution is -2.44. The van der Waals surface area contributed by atoms with Gasteiger partial charge in [0.1, 0.15) is 11.6 Å². The minimum atomic E-state index is -0.752. The van der Waals surface area contributed by atoms with Crippen LogP contribution in [-0.4, -0.2) is 42.3 Å². The molecule has 2 aromatic carbocycles. The van der Waals surface area contributed by atoms with Crippen LogP contribution >= 0.6 is 0 Å². The van der Waals surface area contributed by atoms with Crippen molar-refractivity contribution in [3.63, 3.8) is 0 Å². The van der Waals surface area contributed by atoms with Gasteiger partial charge in [0, 0.05) is 13.7 Å². The first-order valence-corrected chi connectivity index (χ1v) is 10.5. The first kappa shape index (κ1) is 23.8. The van der Waals surface area contributed by atoms with Crippen LogP contribution in [0.5, 0.6) is 5.75 Å². The Hall–Kier alpha value is -3.85. The van der Waals surface area contributed by atoms with E-state index in [1.807, 2.05) is 62.4 Å². The molecule has 9 heteroatoms. The number of hydrogen-bond donors (Lipinski definition) is 2. The second-order valence-electron chi connectivity index (χ2n) is 7.72.